The van der Waals surface area contributed by atoms with Gasteiger partial charge in [0, 0.05) is 12.0 Å². The van der Waals surface area contributed by atoms with Crippen LogP contribution in [-0.2, 0) is 13.0 Å². The molecule has 0 aliphatic rings. The van der Waals surface area contributed by atoms with Crippen molar-refractivity contribution in [2.24, 2.45) is 0 Å². The SMILES string of the molecule is CCc1cnc(CNC(=O)c2cc(F)c(N)c(F)c2)o1. The molecule has 0 saturated carbocycles. The fourth-order valence-electron chi connectivity index (χ4n) is 1.57. The lowest BCUT2D eigenvalue weighted by molar-refractivity contribution is 0.0946. The molecule has 0 aliphatic heterocycles. The number of nitrogen functional groups attached to an aromatic ring is 1. The Balaban J connectivity index is 2.05. The van der Waals surface area contributed by atoms with E-state index in [0.29, 0.717) is 18.1 Å². The maximum atomic E-state index is 13.2. The zero-order valence-corrected chi connectivity index (χ0v) is 10.7. The lowest BCUT2D eigenvalue weighted by atomic mass is 10.1. The molecule has 2 rings (SSSR count). The van der Waals surface area contributed by atoms with Gasteiger partial charge in [0.1, 0.15) is 23.1 Å². The molecule has 0 radical (unpaired) electrons. The first kappa shape index (κ1) is 14.0. The number of aryl methyl sites for hydroxylation is 1. The van der Waals surface area contributed by atoms with Gasteiger partial charge in [0.2, 0.25) is 5.89 Å². The van der Waals surface area contributed by atoms with Crippen LogP contribution in [0.25, 0.3) is 0 Å². The minimum Gasteiger partial charge on any atom is -0.444 e. The summed E-state index contributed by atoms with van der Waals surface area (Å²) in [5.41, 5.74) is 4.36. The van der Waals surface area contributed by atoms with E-state index in [1.807, 2.05) is 6.92 Å². The Bertz CT molecular complexity index is 617. The predicted molar refractivity (Wildman–Crippen MR) is 67.8 cm³/mol. The van der Waals surface area contributed by atoms with Crippen LogP contribution < -0.4 is 11.1 Å². The largest absolute Gasteiger partial charge is 0.444 e. The molecule has 1 heterocycles. The van der Waals surface area contributed by atoms with Gasteiger partial charge in [-0.05, 0) is 12.1 Å². The second-order valence-electron chi connectivity index (χ2n) is 4.11. The quantitative estimate of drug-likeness (QED) is 0.840. The third kappa shape index (κ3) is 2.93. The summed E-state index contributed by atoms with van der Waals surface area (Å²) in [5.74, 6) is -1.57. The van der Waals surface area contributed by atoms with Crippen molar-refractivity contribution < 1.29 is 18.0 Å². The second kappa shape index (κ2) is 5.68. The van der Waals surface area contributed by atoms with Crippen LogP contribution in [0.5, 0.6) is 0 Å². The molecule has 7 heteroatoms. The topological polar surface area (TPSA) is 81.2 Å². The molecule has 1 aromatic carbocycles. The molecule has 1 amide bonds. The molecule has 20 heavy (non-hydrogen) atoms. The zero-order chi connectivity index (χ0) is 14.7. The Morgan fingerprint density at radius 3 is 2.60 bits per heavy atom. The summed E-state index contributed by atoms with van der Waals surface area (Å²) in [6.45, 7) is 1.94. The molecule has 0 saturated heterocycles. The average molecular weight is 281 g/mol. The molecule has 0 unspecified atom stereocenters. The molecule has 1 aromatic heterocycles. The van der Waals surface area contributed by atoms with Crippen molar-refractivity contribution >= 4 is 11.6 Å². The van der Waals surface area contributed by atoms with Gasteiger partial charge >= 0.3 is 0 Å². The molecular weight excluding hydrogens is 268 g/mol. The zero-order valence-electron chi connectivity index (χ0n) is 10.7. The number of carbonyl (C=O) groups excluding carboxylic acids is 1. The number of rotatable bonds is 4. The molecule has 0 spiro atoms. The van der Waals surface area contributed by atoms with Gasteiger partial charge in [-0.15, -0.1) is 0 Å². The summed E-state index contributed by atoms with van der Waals surface area (Å²) in [6.07, 6.45) is 2.25. The molecule has 2 aromatic rings. The van der Waals surface area contributed by atoms with E-state index < -0.39 is 23.2 Å². The van der Waals surface area contributed by atoms with Gasteiger partial charge in [-0.3, -0.25) is 4.79 Å². The summed E-state index contributed by atoms with van der Waals surface area (Å²) < 4.78 is 31.8. The van der Waals surface area contributed by atoms with Crippen molar-refractivity contribution in [3.63, 3.8) is 0 Å². The van der Waals surface area contributed by atoms with Gasteiger partial charge < -0.3 is 15.5 Å². The maximum Gasteiger partial charge on any atom is 0.251 e. The summed E-state index contributed by atoms with van der Waals surface area (Å²) in [7, 11) is 0. The first-order valence-electron chi connectivity index (χ1n) is 5.97. The fraction of sp³-hybridized carbons (Fsp3) is 0.231. The normalized spacial score (nSPS) is 10.6. The van der Waals surface area contributed by atoms with Gasteiger partial charge in [-0.2, -0.15) is 0 Å². The first-order valence-corrected chi connectivity index (χ1v) is 5.97. The van der Waals surface area contributed by atoms with Gasteiger partial charge in [0.15, 0.2) is 0 Å². The number of aromatic nitrogens is 1. The van der Waals surface area contributed by atoms with E-state index >= 15 is 0 Å². The number of oxazole rings is 1. The molecule has 3 N–H and O–H groups in total. The molecule has 0 atom stereocenters. The lowest BCUT2D eigenvalue weighted by Gasteiger charge is -2.05. The van der Waals surface area contributed by atoms with Gasteiger partial charge in [0.25, 0.3) is 5.91 Å². The highest BCUT2D eigenvalue weighted by atomic mass is 19.1. The highest BCUT2D eigenvalue weighted by molar-refractivity contribution is 5.94. The minimum atomic E-state index is -0.973. The monoisotopic (exact) mass is 281 g/mol. The van der Waals surface area contributed by atoms with E-state index in [1.165, 1.54) is 0 Å². The molecule has 0 aliphatic carbocycles. The van der Waals surface area contributed by atoms with Gasteiger partial charge in [-0.25, -0.2) is 13.8 Å². The third-order valence-electron chi connectivity index (χ3n) is 2.69. The van der Waals surface area contributed by atoms with Crippen molar-refractivity contribution in [1.29, 1.82) is 0 Å². The van der Waals surface area contributed by atoms with Crippen LogP contribution in [0.15, 0.2) is 22.7 Å². The molecule has 106 valence electrons. The van der Waals surface area contributed by atoms with E-state index in [0.717, 1.165) is 12.1 Å². The number of halogens is 2. The number of carbonyl (C=O) groups is 1. The predicted octanol–water partition coefficient (Wildman–Crippen LogP) is 2.03. The highest BCUT2D eigenvalue weighted by Gasteiger charge is 2.13. The average Bonchev–Trinajstić information content (AvgIpc) is 2.89. The van der Waals surface area contributed by atoms with Crippen LogP contribution in [0.2, 0.25) is 0 Å². The van der Waals surface area contributed by atoms with Crippen LogP contribution in [0.4, 0.5) is 14.5 Å². The van der Waals surface area contributed by atoms with Crippen LogP contribution in [0.1, 0.15) is 28.9 Å². The van der Waals surface area contributed by atoms with E-state index in [4.69, 9.17) is 10.2 Å². The van der Waals surface area contributed by atoms with E-state index in [-0.39, 0.29) is 12.1 Å². The standard InChI is InChI=1S/C13H13F2N3O2/c1-2-8-5-17-11(20-8)6-18-13(19)7-3-9(14)12(16)10(15)4-7/h3-5H,2,6,16H2,1H3,(H,18,19). The Morgan fingerprint density at radius 1 is 1.40 bits per heavy atom. The van der Waals surface area contributed by atoms with Crippen LogP contribution >= 0.6 is 0 Å². The lowest BCUT2D eigenvalue weighted by Crippen LogP contribution is -2.23. The smallest absolute Gasteiger partial charge is 0.251 e. The van der Waals surface area contributed by atoms with Crippen molar-refractivity contribution in [3.8, 4) is 0 Å². The summed E-state index contributed by atoms with van der Waals surface area (Å²) >= 11 is 0. The number of nitrogens with two attached hydrogens (primary N) is 1. The Morgan fingerprint density at radius 2 is 2.05 bits per heavy atom. The fourth-order valence-corrected chi connectivity index (χ4v) is 1.57. The summed E-state index contributed by atoms with van der Waals surface area (Å²) in [4.78, 5) is 15.7. The maximum absolute atomic E-state index is 13.2. The summed E-state index contributed by atoms with van der Waals surface area (Å²) in [6, 6.07) is 1.75. The number of hydrogen-bond acceptors (Lipinski definition) is 4. The van der Waals surface area contributed by atoms with Crippen molar-refractivity contribution in [2.45, 2.75) is 19.9 Å². The Hall–Kier alpha value is -2.44. The van der Waals surface area contributed by atoms with Crippen molar-refractivity contribution in [1.82, 2.24) is 10.3 Å². The highest BCUT2D eigenvalue weighted by Crippen LogP contribution is 2.17. The molecule has 0 fully saturated rings. The molecule has 0 bridgehead atoms. The number of amides is 1. The molecular formula is C13H13F2N3O2. The second-order valence-corrected chi connectivity index (χ2v) is 4.11. The Kier molecular flexibility index (Phi) is 3.97. The Labute approximate surface area is 113 Å². The van der Waals surface area contributed by atoms with Gasteiger partial charge in [-0.1, -0.05) is 6.92 Å². The van der Waals surface area contributed by atoms with Gasteiger partial charge in [0.05, 0.1) is 12.7 Å². The van der Waals surface area contributed by atoms with Crippen molar-refractivity contribution in [2.75, 3.05) is 5.73 Å². The van der Waals surface area contributed by atoms with E-state index in [2.05, 4.69) is 10.3 Å². The number of benzene rings is 1. The van der Waals surface area contributed by atoms with E-state index in [9.17, 15) is 13.6 Å². The minimum absolute atomic E-state index is 0.0342. The van der Waals surface area contributed by atoms with E-state index in [1.54, 1.807) is 6.20 Å². The van der Waals surface area contributed by atoms with Crippen LogP contribution in [0, 0.1) is 11.6 Å². The first-order chi connectivity index (χ1) is 9.51. The number of nitrogens with one attached hydrogen (secondary N) is 1. The molecule has 5 nitrogen and oxygen atoms in total. The summed E-state index contributed by atoms with van der Waals surface area (Å²) in [5, 5.41) is 2.46. The van der Waals surface area contributed by atoms with Crippen LogP contribution in [0.3, 0.4) is 0 Å². The number of hydrogen-bond donors (Lipinski definition) is 2. The van der Waals surface area contributed by atoms with Crippen LogP contribution in [-0.4, -0.2) is 10.9 Å². The van der Waals surface area contributed by atoms with Crippen molar-refractivity contribution in [3.05, 3.63) is 47.2 Å². The number of anilines is 1. The number of nitrogens with zero attached hydrogens (tertiary/aromatic N) is 1. The third-order valence-corrected chi connectivity index (χ3v) is 2.69.